The summed E-state index contributed by atoms with van der Waals surface area (Å²) in [6.07, 6.45) is 0. The summed E-state index contributed by atoms with van der Waals surface area (Å²) in [5, 5.41) is 0. The Bertz CT molecular complexity index is 80.9. The number of hydrogen-bond acceptors (Lipinski definition) is 0. The van der Waals surface area contributed by atoms with Gasteiger partial charge in [0.2, 0.25) is 0 Å². The molecule has 4 heteroatoms. The summed E-state index contributed by atoms with van der Waals surface area (Å²) in [5.41, 5.74) is 0. The zero-order valence-electron chi connectivity index (χ0n) is 8.50. The summed E-state index contributed by atoms with van der Waals surface area (Å²) in [6.45, 7) is 14.9. The van der Waals surface area contributed by atoms with Gasteiger partial charge >= 0.3 is 18.9 Å². The third kappa shape index (κ3) is 12.2. The van der Waals surface area contributed by atoms with Gasteiger partial charge in [-0.15, -0.1) is 7.68 Å². The Hall–Kier alpha value is 1.46. The Labute approximate surface area is 81.2 Å². The summed E-state index contributed by atoms with van der Waals surface area (Å²) in [6, 6.07) is 0. The second-order valence-electron chi connectivity index (χ2n) is 4.62. The SMILES string of the molecule is C[Si](C)(C)P[Si](C)(C)C.[Li+]. The van der Waals surface area contributed by atoms with Gasteiger partial charge in [-0.25, -0.2) is 0 Å². The van der Waals surface area contributed by atoms with Crippen molar-refractivity contribution in [3.63, 3.8) is 0 Å². The van der Waals surface area contributed by atoms with Gasteiger partial charge in [-0.1, -0.05) is 39.3 Å². The van der Waals surface area contributed by atoms with Crippen molar-refractivity contribution < 1.29 is 18.9 Å². The number of hydrogen-bond donors (Lipinski definition) is 0. The topological polar surface area (TPSA) is 0 Å². The van der Waals surface area contributed by atoms with Crippen LogP contribution in [0, 0.1) is 0 Å². The monoisotopic (exact) mass is 185 g/mol. The predicted octanol–water partition coefficient (Wildman–Crippen LogP) is 0.339. The molecule has 0 atom stereocenters. The van der Waals surface area contributed by atoms with Gasteiger partial charge < -0.3 is 0 Å². The molecule has 0 saturated carbocycles. The second kappa shape index (κ2) is 4.48. The maximum atomic E-state index is 2.48. The van der Waals surface area contributed by atoms with Crippen molar-refractivity contribution in [2.75, 3.05) is 0 Å². The fourth-order valence-electron chi connectivity index (χ4n) is 1.12. The van der Waals surface area contributed by atoms with Crippen molar-refractivity contribution in [1.82, 2.24) is 0 Å². The van der Waals surface area contributed by atoms with E-state index in [1.54, 1.807) is 0 Å². The van der Waals surface area contributed by atoms with Gasteiger partial charge in [0.05, 0.1) is 15.5 Å². The van der Waals surface area contributed by atoms with Gasteiger partial charge in [0.15, 0.2) is 0 Å². The van der Waals surface area contributed by atoms with Crippen LogP contribution in [0.15, 0.2) is 0 Å². The zero-order chi connectivity index (χ0) is 7.71. The first-order valence-corrected chi connectivity index (χ1v) is 13.5. The first-order chi connectivity index (χ1) is 3.71. The third-order valence-electron chi connectivity index (χ3n) is 0.750. The molecule has 0 rings (SSSR count). The van der Waals surface area contributed by atoms with Gasteiger partial charge in [0, 0.05) is 0 Å². The first-order valence-electron chi connectivity index (χ1n) is 3.50. The fraction of sp³-hybridized carbons (Fsp3) is 1.00. The van der Waals surface area contributed by atoms with Gasteiger partial charge in [0.25, 0.3) is 0 Å². The number of rotatable bonds is 2. The van der Waals surface area contributed by atoms with Gasteiger partial charge in [-0.2, -0.15) is 0 Å². The molecular weight excluding hydrogens is 166 g/mol. The second-order valence-corrected chi connectivity index (χ2v) is 25.9. The largest absolute Gasteiger partial charge is 1.00 e. The molecule has 0 bridgehead atoms. The van der Waals surface area contributed by atoms with Crippen LogP contribution < -0.4 is 18.9 Å². The van der Waals surface area contributed by atoms with E-state index in [-0.39, 0.29) is 18.9 Å². The third-order valence-corrected chi connectivity index (χ3v) is 20.2. The van der Waals surface area contributed by atoms with Crippen LogP contribution in [0.5, 0.6) is 0 Å². The van der Waals surface area contributed by atoms with Crippen molar-refractivity contribution in [3.8, 4) is 0 Å². The summed E-state index contributed by atoms with van der Waals surface area (Å²) in [7, 11) is -0.0775. The van der Waals surface area contributed by atoms with Crippen LogP contribution in [0.2, 0.25) is 39.3 Å². The van der Waals surface area contributed by atoms with Crippen molar-refractivity contribution in [2.45, 2.75) is 39.3 Å². The van der Waals surface area contributed by atoms with E-state index in [2.05, 4.69) is 39.3 Å². The van der Waals surface area contributed by atoms with E-state index in [0.29, 0.717) is 0 Å². The molecular formula is C6H19LiPSi2+. The molecule has 0 aliphatic heterocycles. The molecule has 0 aromatic carbocycles. The minimum atomic E-state index is -0.703. The van der Waals surface area contributed by atoms with E-state index in [0.717, 1.165) is 0 Å². The van der Waals surface area contributed by atoms with Crippen molar-refractivity contribution in [1.29, 1.82) is 0 Å². The maximum Gasteiger partial charge on any atom is 1.00 e. The van der Waals surface area contributed by atoms with Crippen LogP contribution in [0.25, 0.3) is 0 Å². The average molecular weight is 185 g/mol. The summed E-state index contributed by atoms with van der Waals surface area (Å²) in [5.74, 6) is 0. The molecule has 0 aliphatic rings. The predicted molar refractivity (Wildman–Crippen MR) is 55.0 cm³/mol. The van der Waals surface area contributed by atoms with E-state index in [4.69, 9.17) is 0 Å². The van der Waals surface area contributed by atoms with Crippen molar-refractivity contribution in [2.24, 2.45) is 0 Å². The molecule has 10 heavy (non-hydrogen) atoms. The quantitative estimate of drug-likeness (QED) is 0.430. The van der Waals surface area contributed by atoms with Gasteiger partial charge in [-0.05, 0) is 0 Å². The normalized spacial score (nSPS) is 12.6. The molecule has 56 valence electrons. The Balaban J connectivity index is 0. The maximum absolute atomic E-state index is 2.48. The molecule has 0 aliphatic carbocycles. The molecule has 0 unspecified atom stereocenters. The van der Waals surface area contributed by atoms with Crippen LogP contribution in [0.3, 0.4) is 0 Å². The standard InChI is InChI=1S/C6H19PSi2.Li/c1-8(2,3)7-9(4,5)6;/h7H,1-6H3;/q;+1. The minimum Gasteiger partial charge on any atom is -0.145 e. The summed E-state index contributed by atoms with van der Waals surface area (Å²) >= 11 is 0. The van der Waals surface area contributed by atoms with Crippen LogP contribution in [-0.4, -0.2) is 15.5 Å². The molecule has 0 spiro atoms. The first kappa shape index (κ1) is 14.0. The Kier molecular flexibility index (Phi) is 6.27. The van der Waals surface area contributed by atoms with Gasteiger partial charge in [-0.3, -0.25) is 0 Å². The Morgan fingerprint density at radius 3 is 0.900 bits per heavy atom. The van der Waals surface area contributed by atoms with E-state index >= 15 is 0 Å². The van der Waals surface area contributed by atoms with Crippen LogP contribution in [-0.2, 0) is 0 Å². The van der Waals surface area contributed by atoms with Crippen LogP contribution in [0.1, 0.15) is 0 Å². The smallest absolute Gasteiger partial charge is 0.145 e. The molecule has 0 amide bonds. The van der Waals surface area contributed by atoms with E-state index in [1.807, 2.05) is 0 Å². The van der Waals surface area contributed by atoms with E-state index in [9.17, 15) is 0 Å². The molecule has 0 fully saturated rings. The van der Waals surface area contributed by atoms with Crippen LogP contribution in [0.4, 0.5) is 0 Å². The average Bonchev–Trinajstić information content (AvgIpc) is 1.14. The molecule has 0 aromatic heterocycles. The van der Waals surface area contributed by atoms with Crippen molar-refractivity contribution in [3.05, 3.63) is 0 Å². The minimum absolute atomic E-state index is 0. The molecule has 0 N–H and O–H groups in total. The summed E-state index contributed by atoms with van der Waals surface area (Å²) in [4.78, 5) is 0. The summed E-state index contributed by atoms with van der Waals surface area (Å²) < 4.78 is 0. The van der Waals surface area contributed by atoms with Crippen LogP contribution >= 0.6 is 7.68 Å². The zero-order valence-corrected chi connectivity index (χ0v) is 11.5. The molecule has 0 saturated heterocycles. The fourth-order valence-corrected chi connectivity index (χ4v) is 30.4. The Morgan fingerprint density at radius 1 is 0.700 bits per heavy atom. The van der Waals surface area contributed by atoms with E-state index < -0.39 is 15.5 Å². The molecule has 0 radical (unpaired) electrons. The molecule has 0 heterocycles. The molecule has 0 nitrogen and oxygen atoms in total. The Morgan fingerprint density at radius 2 is 0.900 bits per heavy atom. The van der Waals surface area contributed by atoms with Crippen molar-refractivity contribution >= 4 is 23.2 Å². The van der Waals surface area contributed by atoms with Gasteiger partial charge in [0.1, 0.15) is 0 Å². The molecule has 0 aromatic rings. The van der Waals surface area contributed by atoms with E-state index in [1.165, 1.54) is 7.68 Å².